The summed E-state index contributed by atoms with van der Waals surface area (Å²) in [5.41, 5.74) is 4.40. The lowest BCUT2D eigenvalue weighted by Crippen LogP contribution is -2.51. The van der Waals surface area contributed by atoms with E-state index in [2.05, 4.69) is 11.1 Å². The van der Waals surface area contributed by atoms with Gasteiger partial charge in [-0.2, -0.15) is 0 Å². The van der Waals surface area contributed by atoms with Gasteiger partial charge in [-0.1, -0.05) is 18.2 Å². The average molecular weight is 422 g/mol. The summed E-state index contributed by atoms with van der Waals surface area (Å²) in [4.78, 5) is 32.0. The van der Waals surface area contributed by atoms with Crippen molar-refractivity contribution in [2.75, 3.05) is 20.2 Å². The van der Waals surface area contributed by atoms with Crippen LogP contribution >= 0.6 is 11.3 Å². The zero-order valence-corrected chi connectivity index (χ0v) is 17.5. The van der Waals surface area contributed by atoms with Gasteiger partial charge < -0.3 is 14.2 Å². The Morgan fingerprint density at radius 2 is 2.10 bits per heavy atom. The number of nitrogens with zero attached hydrogens (tertiary/aromatic N) is 3. The molecule has 7 heteroatoms. The number of piperidine rings is 1. The fourth-order valence-electron chi connectivity index (χ4n) is 4.99. The lowest BCUT2D eigenvalue weighted by atomic mass is 9.76. The molecule has 30 heavy (non-hydrogen) atoms. The van der Waals surface area contributed by atoms with Gasteiger partial charge in [-0.3, -0.25) is 9.59 Å². The third kappa shape index (κ3) is 3.33. The van der Waals surface area contributed by atoms with Gasteiger partial charge >= 0.3 is 0 Å². The Bertz CT molecular complexity index is 1120. The Morgan fingerprint density at radius 1 is 1.23 bits per heavy atom. The van der Waals surface area contributed by atoms with Gasteiger partial charge in [0.05, 0.1) is 12.6 Å². The number of amides is 1. The molecule has 2 aliphatic heterocycles. The summed E-state index contributed by atoms with van der Waals surface area (Å²) < 4.78 is 7.36. The average Bonchev–Trinajstić information content (AvgIpc) is 3.31. The van der Waals surface area contributed by atoms with E-state index in [-0.39, 0.29) is 29.3 Å². The molecular formula is C23H23N3O3S. The highest BCUT2D eigenvalue weighted by molar-refractivity contribution is 7.07. The third-order valence-corrected chi connectivity index (χ3v) is 6.90. The fourth-order valence-corrected chi connectivity index (χ4v) is 5.52. The summed E-state index contributed by atoms with van der Waals surface area (Å²) >= 11 is 1.43. The fraction of sp³-hybridized carbons (Fsp3) is 0.348. The number of aromatic nitrogens is 2. The van der Waals surface area contributed by atoms with Crippen LogP contribution in [0.25, 0.3) is 0 Å². The minimum Gasteiger partial charge on any atom is -0.497 e. The highest BCUT2D eigenvalue weighted by Gasteiger charge is 2.42. The topological polar surface area (TPSA) is 64.4 Å². The Labute approximate surface area is 178 Å². The first-order valence-corrected chi connectivity index (χ1v) is 11.1. The SMILES string of the molecule is COc1cccc(C[C@H]2[C@H]3C[C@H](CN(C(=O)c4cscn4)C3)c3cccc(=O)n32)c1. The van der Waals surface area contributed by atoms with Crippen molar-refractivity contribution >= 4 is 17.2 Å². The Balaban J connectivity index is 1.52. The van der Waals surface area contributed by atoms with E-state index >= 15 is 0 Å². The first kappa shape index (κ1) is 19.1. The largest absolute Gasteiger partial charge is 0.497 e. The van der Waals surface area contributed by atoms with E-state index in [1.807, 2.05) is 39.8 Å². The first-order valence-electron chi connectivity index (χ1n) is 10.2. The number of thiazole rings is 1. The van der Waals surface area contributed by atoms with Gasteiger partial charge in [-0.15, -0.1) is 11.3 Å². The molecule has 0 saturated carbocycles. The minimum absolute atomic E-state index is 0.00286. The number of ether oxygens (including phenoxy) is 1. The summed E-state index contributed by atoms with van der Waals surface area (Å²) in [6, 6.07) is 13.5. The molecule has 3 aromatic rings. The number of rotatable bonds is 4. The molecule has 1 amide bonds. The van der Waals surface area contributed by atoms with E-state index in [9.17, 15) is 9.59 Å². The van der Waals surface area contributed by atoms with Crippen molar-refractivity contribution in [3.8, 4) is 5.75 Å². The number of likely N-dealkylation sites (tertiary alicyclic amines) is 1. The van der Waals surface area contributed by atoms with Crippen LogP contribution in [0.15, 0.2) is 58.1 Å². The van der Waals surface area contributed by atoms with E-state index in [0.717, 1.165) is 29.8 Å². The van der Waals surface area contributed by atoms with Gasteiger partial charge in [0.25, 0.3) is 11.5 Å². The van der Waals surface area contributed by atoms with Crippen LogP contribution in [-0.2, 0) is 6.42 Å². The summed E-state index contributed by atoms with van der Waals surface area (Å²) in [5.74, 6) is 1.18. The van der Waals surface area contributed by atoms with Crippen molar-refractivity contribution in [1.29, 1.82) is 0 Å². The smallest absolute Gasteiger partial charge is 0.273 e. The number of hydrogen-bond acceptors (Lipinski definition) is 5. The van der Waals surface area contributed by atoms with Gasteiger partial charge in [0.15, 0.2) is 0 Å². The number of methoxy groups -OCH3 is 1. The van der Waals surface area contributed by atoms with Crippen molar-refractivity contribution in [3.05, 3.63) is 80.7 Å². The van der Waals surface area contributed by atoms with Crippen LogP contribution in [-0.4, -0.2) is 40.6 Å². The maximum absolute atomic E-state index is 13.0. The van der Waals surface area contributed by atoms with E-state index in [1.165, 1.54) is 11.3 Å². The Morgan fingerprint density at radius 3 is 2.90 bits per heavy atom. The van der Waals surface area contributed by atoms with Crippen LogP contribution in [0.2, 0.25) is 0 Å². The molecule has 0 radical (unpaired) electrons. The van der Waals surface area contributed by atoms with E-state index in [1.54, 1.807) is 24.1 Å². The molecule has 1 fully saturated rings. The number of benzene rings is 1. The second kappa shape index (κ2) is 7.72. The number of fused-ring (bicyclic) bond motifs is 4. The molecule has 0 aliphatic carbocycles. The zero-order chi connectivity index (χ0) is 20.7. The van der Waals surface area contributed by atoms with Crippen molar-refractivity contribution < 1.29 is 9.53 Å². The lowest BCUT2D eigenvalue weighted by molar-refractivity contribution is 0.0524. The summed E-state index contributed by atoms with van der Waals surface area (Å²) in [7, 11) is 1.66. The molecule has 1 aromatic carbocycles. The molecular weight excluding hydrogens is 398 g/mol. The maximum Gasteiger partial charge on any atom is 0.273 e. The van der Waals surface area contributed by atoms with Crippen molar-refractivity contribution in [2.24, 2.45) is 5.92 Å². The van der Waals surface area contributed by atoms with Gasteiger partial charge in [0, 0.05) is 42.2 Å². The summed E-state index contributed by atoms with van der Waals surface area (Å²) in [6.07, 6.45) is 1.71. The second-order valence-electron chi connectivity index (χ2n) is 8.06. The number of hydrogen-bond donors (Lipinski definition) is 0. The molecule has 154 valence electrons. The quantitative estimate of drug-likeness (QED) is 0.648. The third-order valence-electron chi connectivity index (χ3n) is 6.32. The number of pyridine rings is 1. The van der Waals surface area contributed by atoms with Gasteiger partial charge in [0.2, 0.25) is 0 Å². The van der Waals surface area contributed by atoms with Crippen LogP contribution in [0.1, 0.15) is 40.1 Å². The standard InChI is InChI=1S/C23H23N3O3S/c1-29-18-5-2-4-15(8-18)9-21-17-10-16(20-6-3-7-22(27)26(20)21)11-25(12-17)23(28)19-13-30-14-24-19/h2-8,13-14,16-17,21H,9-12H2,1H3/t16-,17+,21+/m1/s1. The van der Waals surface area contributed by atoms with Gasteiger partial charge in [0.1, 0.15) is 11.4 Å². The molecule has 3 atom stereocenters. The molecule has 5 rings (SSSR count). The molecule has 0 N–H and O–H groups in total. The highest BCUT2D eigenvalue weighted by Crippen LogP contribution is 2.42. The molecule has 4 heterocycles. The van der Waals surface area contributed by atoms with Crippen LogP contribution in [0.5, 0.6) is 5.75 Å². The second-order valence-corrected chi connectivity index (χ2v) is 8.78. The van der Waals surface area contributed by atoms with Crippen molar-refractivity contribution in [1.82, 2.24) is 14.5 Å². The van der Waals surface area contributed by atoms with Gasteiger partial charge in [-0.25, -0.2) is 4.98 Å². The molecule has 0 spiro atoms. The van der Waals surface area contributed by atoms with E-state index in [0.29, 0.717) is 18.8 Å². The van der Waals surface area contributed by atoms with Crippen molar-refractivity contribution in [2.45, 2.75) is 24.8 Å². The molecule has 2 aromatic heterocycles. The Kier molecular flexibility index (Phi) is 4.90. The summed E-state index contributed by atoms with van der Waals surface area (Å²) in [6.45, 7) is 1.27. The normalized spacial score (nSPS) is 22.4. The molecule has 2 bridgehead atoms. The summed E-state index contributed by atoms with van der Waals surface area (Å²) in [5, 5.41) is 1.80. The van der Waals surface area contributed by atoms with Crippen LogP contribution < -0.4 is 10.3 Å². The predicted octanol–water partition coefficient (Wildman–Crippen LogP) is 3.36. The van der Waals surface area contributed by atoms with Crippen LogP contribution in [0, 0.1) is 5.92 Å². The van der Waals surface area contributed by atoms with E-state index in [4.69, 9.17) is 4.74 Å². The molecule has 2 aliphatic rings. The van der Waals surface area contributed by atoms with E-state index < -0.39 is 0 Å². The molecule has 1 saturated heterocycles. The minimum atomic E-state index is -0.0159. The molecule has 6 nitrogen and oxygen atoms in total. The maximum atomic E-state index is 13.0. The van der Waals surface area contributed by atoms with Gasteiger partial charge in [-0.05, 0) is 42.5 Å². The van der Waals surface area contributed by atoms with Crippen LogP contribution in [0.4, 0.5) is 0 Å². The molecule has 0 unspecified atom stereocenters. The highest BCUT2D eigenvalue weighted by atomic mass is 32.1. The lowest BCUT2D eigenvalue weighted by Gasteiger charge is -2.47. The monoisotopic (exact) mass is 421 g/mol. The Hall–Kier alpha value is -2.93. The zero-order valence-electron chi connectivity index (χ0n) is 16.7. The van der Waals surface area contributed by atoms with Crippen molar-refractivity contribution in [3.63, 3.8) is 0 Å². The number of carbonyl (C=O) groups is 1. The number of carbonyl (C=O) groups excluding carboxylic acids is 1. The van der Waals surface area contributed by atoms with Crippen LogP contribution in [0.3, 0.4) is 0 Å². The first-order chi connectivity index (χ1) is 14.6. The predicted molar refractivity (Wildman–Crippen MR) is 115 cm³/mol.